The summed E-state index contributed by atoms with van der Waals surface area (Å²) in [7, 11) is -3.28. The minimum Gasteiger partial charge on any atom is -0.480 e. The molecule has 0 aliphatic heterocycles. The molecule has 1 amide bonds. The molecule has 0 saturated carbocycles. The minimum absolute atomic E-state index is 0.201. The summed E-state index contributed by atoms with van der Waals surface area (Å²) in [5.74, 6) is -1.62. The Morgan fingerprint density at radius 3 is 2.17 bits per heavy atom. The van der Waals surface area contributed by atoms with Gasteiger partial charge in [0, 0.05) is 6.26 Å². The van der Waals surface area contributed by atoms with Crippen LogP contribution in [0.15, 0.2) is 0 Å². The van der Waals surface area contributed by atoms with Gasteiger partial charge in [0.15, 0.2) is 0 Å². The number of rotatable bonds is 5. The van der Waals surface area contributed by atoms with Crippen LogP contribution in [-0.2, 0) is 19.4 Å². The Balaban J connectivity index is 4.46. The van der Waals surface area contributed by atoms with Crippen molar-refractivity contribution in [3.05, 3.63) is 0 Å². The summed E-state index contributed by atoms with van der Waals surface area (Å²) in [5, 5.41) is 11.0. The molecule has 18 heavy (non-hydrogen) atoms. The SMILES string of the molecule is CC(C)(C)OC(=O)NC(CCS(C)(=O)=O)C(=O)O. The van der Waals surface area contributed by atoms with Gasteiger partial charge in [0.25, 0.3) is 0 Å². The van der Waals surface area contributed by atoms with Crippen LogP contribution in [0, 0.1) is 0 Å². The smallest absolute Gasteiger partial charge is 0.408 e. The average Bonchev–Trinajstić information content (AvgIpc) is 2.06. The second-order valence-corrected chi connectivity index (χ2v) is 7.22. The highest BCUT2D eigenvalue weighted by molar-refractivity contribution is 7.90. The molecule has 106 valence electrons. The lowest BCUT2D eigenvalue weighted by atomic mass is 10.2. The number of ether oxygens (including phenoxy) is 1. The first kappa shape index (κ1) is 16.7. The number of carboxylic acid groups (broad SMARTS) is 1. The van der Waals surface area contributed by atoms with Gasteiger partial charge in [0.1, 0.15) is 21.5 Å². The fourth-order valence-electron chi connectivity index (χ4n) is 1.04. The fourth-order valence-corrected chi connectivity index (χ4v) is 1.70. The second kappa shape index (κ2) is 6.03. The lowest BCUT2D eigenvalue weighted by Gasteiger charge is -2.21. The predicted molar refractivity (Wildman–Crippen MR) is 65.1 cm³/mol. The van der Waals surface area contributed by atoms with E-state index in [1.54, 1.807) is 20.8 Å². The number of carbonyl (C=O) groups is 2. The van der Waals surface area contributed by atoms with Crippen LogP contribution in [0.2, 0.25) is 0 Å². The lowest BCUT2D eigenvalue weighted by Crippen LogP contribution is -2.44. The molecule has 7 nitrogen and oxygen atoms in total. The van der Waals surface area contributed by atoms with Gasteiger partial charge in [-0.2, -0.15) is 0 Å². The van der Waals surface area contributed by atoms with Gasteiger partial charge < -0.3 is 15.2 Å². The molecule has 0 aromatic heterocycles. The molecule has 1 atom stereocenters. The summed E-state index contributed by atoms with van der Waals surface area (Å²) in [6, 6.07) is -1.28. The Hall–Kier alpha value is -1.31. The van der Waals surface area contributed by atoms with Crippen LogP contribution in [0.1, 0.15) is 27.2 Å². The quantitative estimate of drug-likeness (QED) is 0.754. The Bertz CT molecular complexity index is 409. The van der Waals surface area contributed by atoms with Crippen LogP contribution in [0.5, 0.6) is 0 Å². The van der Waals surface area contributed by atoms with Crippen molar-refractivity contribution in [2.24, 2.45) is 0 Å². The molecule has 0 heterocycles. The largest absolute Gasteiger partial charge is 0.480 e. The summed E-state index contributed by atoms with van der Waals surface area (Å²) in [5.41, 5.74) is -0.746. The van der Waals surface area contributed by atoms with Gasteiger partial charge in [-0.15, -0.1) is 0 Å². The third-order valence-corrected chi connectivity index (χ3v) is 2.74. The first-order chi connectivity index (χ1) is 7.91. The summed E-state index contributed by atoms with van der Waals surface area (Å²) in [4.78, 5) is 22.2. The van der Waals surface area contributed by atoms with E-state index in [-0.39, 0.29) is 12.2 Å². The first-order valence-corrected chi connectivity index (χ1v) is 7.37. The summed E-state index contributed by atoms with van der Waals surface area (Å²) >= 11 is 0. The summed E-state index contributed by atoms with van der Waals surface area (Å²) in [6.45, 7) is 4.91. The maximum Gasteiger partial charge on any atom is 0.408 e. The third kappa shape index (κ3) is 8.80. The maximum absolute atomic E-state index is 11.4. The average molecular weight is 281 g/mol. The monoisotopic (exact) mass is 281 g/mol. The molecule has 2 N–H and O–H groups in total. The molecule has 0 aromatic rings. The van der Waals surface area contributed by atoms with Crippen LogP contribution < -0.4 is 5.32 Å². The normalized spacial score (nSPS) is 13.8. The molecule has 1 unspecified atom stereocenters. The highest BCUT2D eigenvalue weighted by atomic mass is 32.2. The van der Waals surface area contributed by atoms with Crippen molar-refractivity contribution in [1.82, 2.24) is 5.32 Å². The minimum atomic E-state index is -3.28. The Morgan fingerprint density at radius 2 is 1.83 bits per heavy atom. The molecule has 0 aliphatic carbocycles. The number of aliphatic carboxylic acids is 1. The fraction of sp³-hybridized carbons (Fsp3) is 0.800. The molecular formula is C10H19NO6S. The van der Waals surface area contributed by atoms with Crippen LogP contribution in [0.3, 0.4) is 0 Å². The van der Waals surface area contributed by atoms with E-state index in [0.29, 0.717) is 0 Å². The van der Waals surface area contributed by atoms with Crippen molar-refractivity contribution >= 4 is 21.9 Å². The number of hydrogen-bond donors (Lipinski definition) is 2. The van der Waals surface area contributed by atoms with Gasteiger partial charge in [-0.25, -0.2) is 18.0 Å². The Labute approximate surface area is 106 Å². The third-order valence-electron chi connectivity index (χ3n) is 1.77. The molecule has 8 heteroatoms. The maximum atomic E-state index is 11.4. The van der Waals surface area contributed by atoms with Crippen LogP contribution in [0.25, 0.3) is 0 Å². The van der Waals surface area contributed by atoms with Crippen LogP contribution >= 0.6 is 0 Å². The van der Waals surface area contributed by atoms with E-state index in [9.17, 15) is 18.0 Å². The lowest BCUT2D eigenvalue weighted by molar-refractivity contribution is -0.139. The van der Waals surface area contributed by atoms with E-state index in [2.05, 4.69) is 5.32 Å². The van der Waals surface area contributed by atoms with Gasteiger partial charge in [0.2, 0.25) is 0 Å². The van der Waals surface area contributed by atoms with Crippen molar-refractivity contribution in [2.75, 3.05) is 12.0 Å². The topological polar surface area (TPSA) is 110 Å². The first-order valence-electron chi connectivity index (χ1n) is 5.31. The van der Waals surface area contributed by atoms with Crippen molar-refractivity contribution < 1.29 is 27.9 Å². The standard InChI is InChI=1S/C10H19NO6S/c1-10(2,3)17-9(14)11-7(8(12)13)5-6-18(4,15)16/h7H,5-6H2,1-4H3,(H,11,14)(H,12,13). The number of carbonyl (C=O) groups excluding carboxylic acids is 1. The van der Waals surface area contributed by atoms with Crippen molar-refractivity contribution in [3.63, 3.8) is 0 Å². The zero-order valence-corrected chi connectivity index (χ0v) is 11.7. The second-order valence-electron chi connectivity index (χ2n) is 4.96. The molecule has 0 bridgehead atoms. The van der Waals surface area contributed by atoms with Gasteiger partial charge in [0.05, 0.1) is 5.75 Å². The number of amides is 1. The van der Waals surface area contributed by atoms with Crippen molar-refractivity contribution in [1.29, 1.82) is 0 Å². The molecule has 0 rings (SSSR count). The number of nitrogens with one attached hydrogen (secondary N) is 1. The Kier molecular flexibility index (Phi) is 5.59. The predicted octanol–water partition coefficient (Wildman–Crippen LogP) is 0.399. The van der Waals surface area contributed by atoms with Gasteiger partial charge in [-0.3, -0.25) is 0 Å². The van der Waals surface area contributed by atoms with Crippen molar-refractivity contribution in [2.45, 2.75) is 38.8 Å². The van der Waals surface area contributed by atoms with Gasteiger partial charge in [-0.05, 0) is 27.2 Å². The number of sulfone groups is 1. The van der Waals surface area contributed by atoms with Gasteiger partial charge >= 0.3 is 12.1 Å². The Morgan fingerprint density at radius 1 is 1.33 bits per heavy atom. The summed E-state index contributed by atoms with van der Waals surface area (Å²) < 4.78 is 26.8. The highest BCUT2D eigenvalue weighted by Crippen LogP contribution is 2.07. The van der Waals surface area contributed by atoms with E-state index in [4.69, 9.17) is 9.84 Å². The molecule has 0 radical (unpaired) electrons. The molecular weight excluding hydrogens is 262 g/mol. The molecule has 0 aliphatic rings. The van der Waals surface area contributed by atoms with Crippen LogP contribution in [-0.4, -0.2) is 49.2 Å². The number of hydrogen-bond acceptors (Lipinski definition) is 5. The van der Waals surface area contributed by atoms with E-state index >= 15 is 0 Å². The number of alkyl carbamates (subject to hydrolysis) is 1. The van der Waals surface area contributed by atoms with E-state index in [0.717, 1.165) is 6.26 Å². The highest BCUT2D eigenvalue weighted by Gasteiger charge is 2.24. The number of carboxylic acids is 1. The molecule has 0 fully saturated rings. The molecule has 0 spiro atoms. The van der Waals surface area contributed by atoms with Gasteiger partial charge in [-0.1, -0.05) is 0 Å². The summed E-state index contributed by atoms with van der Waals surface area (Å²) in [6.07, 6.45) is -0.0873. The van der Waals surface area contributed by atoms with Crippen molar-refractivity contribution in [3.8, 4) is 0 Å². The zero-order chi connectivity index (χ0) is 14.6. The van der Waals surface area contributed by atoms with E-state index < -0.39 is 33.5 Å². The zero-order valence-electron chi connectivity index (χ0n) is 10.9. The van der Waals surface area contributed by atoms with E-state index in [1.807, 2.05) is 0 Å². The van der Waals surface area contributed by atoms with Crippen LogP contribution in [0.4, 0.5) is 4.79 Å². The molecule has 0 aromatic carbocycles. The molecule has 0 saturated heterocycles. The van der Waals surface area contributed by atoms with E-state index in [1.165, 1.54) is 0 Å².